The Bertz CT molecular complexity index is 183. The summed E-state index contributed by atoms with van der Waals surface area (Å²) in [6.07, 6.45) is 0.875. The molecule has 15 heavy (non-hydrogen) atoms. The molecule has 0 fully saturated rings. The van der Waals surface area contributed by atoms with Crippen LogP contribution in [-0.2, 0) is 4.79 Å². The second-order valence-electron chi connectivity index (χ2n) is 4.29. The van der Waals surface area contributed by atoms with Gasteiger partial charge in [-0.05, 0) is 26.2 Å². The maximum Gasteiger partial charge on any atom is 0.236 e. The zero-order valence-electron chi connectivity index (χ0n) is 10.2. The summed E-state index contributed by atoms with van der Waals surface area (Å²) < 4.78 is 0. The van der Waals surface area contributed by atoms with E-state index in [1.165, 1.54) is 0 Å². The molecular formula is C11H24N2O2. The Morgan fingerprint density at radius 3 is 2.33 bits per heavy atom. The van der Waals surface area contributed by atoms with Crippen LogP contribution >= 0.6 is 0 Å². The van der Waals surface area contributed by atoms with E-state index in [2.05, 4.69) is 24.5 Å². The van der Waals surface area contributed by atoms with Gasteiger partial charge < -0.3 is 15.7 Å². The van der Waals surface area contributed by atoms with E-state index >= 15 is 0 Å². The molecule has 0 heterocycles. The normalized spacial score (nSPS) is 15.1. The summed E-state index contributed by atoms with van der Waals surface area (Å²) in [5, 5.41) is 15.0. The quantitative estimate of drug-likeness (QED) is 0.581. The fraction of sp³-hybridized carbons (Fsp3) is 0.909. The Morgan fingerprint density at radius 2 is 1.93 bits per heavy atom. The molecule has 0 bridgehead atoms. The van der Waals surface area contributed by atoms with Crippen molar-refractivity contribution < 1.29 is 9.90 Å². The van der Waals surface area contributed by atoms with Crippen LogP contribution in [0.2, 0.25) is 0 Å². The number of rotatable bonds is 7. The van der Waals surface area contributed by atoms with Crippen LogP contribution in [0.15, 0.2) is 0 Å². The van der Waals surface area contributed by atoms with Gasteiger partial charge in [0.15, 0.2) is 0 Å². The van der Waals surface area contributed by atoms with Crippen molar-refractivity contribution in [3.8, 4) is 0 Å². The summed E-state index contributed by atoms with van der Waals surface area (Å²) in [4.78, 5) is 11.4. The van der Waals surface area contributed by atoms with E-state index in [0.717, 1.165) is 6.42 Å². The summed E-state index contributed by atoms with van der Waals surface area (Å²) in [6.45, 7) is 8.61. The van der Waals surface area contributed by atoms with E-state index in [1.54, 1.807) is 0 Å². The lowest BCUT2D eigenvalue weighted by Gasteiger charge is -2.22. The van der Waals surface area contributed by atoms with Gasteiger partial charge in [0, 0.05) is 12.6 Å². The van der Waals surface area contributed by atoms with E-state index in [4.69, 9.17) is 5.11 Å². The molecule has 0 aromatic carbocycles. The summed E-state index contributed by atoms with van der Waals surface area (Å²) >= 11 is 0. The molecule has 0 aliphatic rings. The maximum absolute atomic E-state index is 11.4. The van der Waals surface area contributed by atoms with Gasteiger partial charge in [-0.2, -0.15) is 0 Å². The molecular weight excluding hydrogens is 192 g/mol. The van der Waals surface area contributed by atoms with Crippen LogP contribution in [0, 0.1) is 5.92 Å². The van der Waals surface area contributed by atoms with Gasteiger partial charge >= 0.3 is 0 Å². The molecule has 0 saturated carbocycles. The predicted octanol–water partition coefficient (Wildman–Crippen LogP) is 0.508. The predicted molar refractivity (Wildman–Crippen MR) is 61.6 cm³/mol. The van der Waals surface area contributed by atoms with E-state index < -0.39 is 0 Å². The van der Waals surface area contributed by atoms with Crippen LogP contribution in [0.5, 0.6) is 0 Å². The summed E-state index contributed by atoms with van der Waals surface area (Å²) in [7, 11) is 0. The molecule has 0 aromatic heterocycles. The molecule has 0 saturated heterocycles. The van der Waals surface area contributed by atoms with Crippen molar-refractivity contribution in [3.63, 3.8) is 0 Å². The molecule has 3 N–H and O–H groups in total. The first kappa shape index (κ1) is 14.4. The van der Waals surface area contributed by atoms with Gasteiger partial charge in [0.25, 0.3) is 0 Å². The largest absolute Gasteiger partial charge is 0.395 e. The SMILES string of the molecule is CCNC(=O)C(C)NC(CO)CC(C)C. The molecule has 0 aliphatic carbocycles. The second kappa shape index (κ2) is 7.65. The van der Waals surface area contributed by atoms with Gasteiger partial charge in [0.2, 0.25) is 5.91 Å². The molecule has 0 aliphatic heterocycles. The molecule has 1 amide bonds. The first-order valence-corrected chi connectivity index (χ1v) is 5.65. The molecule has 0 radical (unpaired) electrons. The highest BCUT2D eigenvalue weighted by molar-refractivity contribution is 5.81. The molecule has 0 spiro atoms. The number of carbonyl (C=O) groups is 1. The monoisotopic (exact) mass is 216 g/mol. The maximum atomic E-state index is 11.4. The minimum Gasteiger partial charge on any atom is -0.395 e. The van der Waals surface area contributed by atoms with Crippen molar-refractivity contribution in [1.82, 2.24) is 10.6 Å². The number of aliphatic hydroxyl groups is 1. The average Bonchev–Trinajstić information content (AvgIpc) is 2.16. The third-order valence-electron chi connectivity index (χ3n) is 2.21. The van der Waals surface area contributed by atoms with E-state index in [0.29, 0.717) is 12.5 Å². The van der Waals surface area contributed by atoms with Gasteiger partial charge in [-0.15, -0.1) is 0 Å². The second-order valence-corrected chi connectivity index (χ2v) is 4.29. The smallest absolute Gasteiger partial charge is 0.236 e. The van der Waals surface area contributed by atoms with E-state index in [1.807, 2.05) is 13.8 Å². The van der Waals surface area contributed by atoms with Crippen molar-refractivity contribution in [2.45, 2.75) is 46.2 Å². The first-order chi connectivity index (χ1) is 7.01. The van der Waals surface area contributed by atoms with Crippen molar-refractivity contribution in [1.29, 1.82) is 0 Å². The van der Waals surface area contributed by atoms with Crippen LogP contribution in [0.1, 0.15) is 34.1 Å². The molecule has 0 aromatic rings. The van der Waals surface area contributed by atoms with Crippen LogP contribution < -0.4 is 10.6 Å². The fourth-order valence-corrected chi connectivity index (χ4v) is 1.52. The third kappa shape index (κ3) is 6.47. The number of aliphatic hydroxyl groups excluding tert-OH is 1. The van der Waals surface area contributed by atoms with Crippen molar-refractivity contribution in [2.75, 3.05) is 13.2 Å². The van der Waals surface area contributed by atoms with Gasteiger partial charge in [-0.3, -0.25) is 4.79 Å². The highest BCUT2D eigenvalue weighted by atomic mass is 16.3. The minimum absolute atomic E-state index is 0.00241. The number of nitrogens with one attached hydrogen (secondary N) is 2. The van der Waals surface area contributed by atoms with Crippen molar-refractivity contribution in [2.24, 2.45) is 5.92 Å². The Hall–Kier alpha value is -0.610. The van der Waals surface area contributed by atoms with Gasteiger partial charge in [0.05, 0.1) is 12.6 Å². The molecule has 2 unspecified atom stereocenters. The number of amides is 1. The van der Waals surface area contributed by atoms with Crippen LogP contribution in [0.3, 0.4) is 0 Å². The fourth-order valence-electron chi connectivity index (χ4n) is 1.52. The zero-order chi connectivity index (χ0) is 11.8. The van der Waals surface area contributed by atoms with Gasteiger partial charge in [-0.1, -0.05) is 13.8 Å². The van der Waals surface area contributed by atoms with Gasteiger partial charge in [0.1, 0.15) is 0 Å². The summed E-state index contributed by atoms with van der Waals surface area (Å²) in [6, 6.07) is -0.247. The highest BCUT2D eigenvalue weighted by Crippen LogP contribution is 2.04. The Morgan fingerprint density at radius 1 is 1.33 bits per heavy atom. The lowest BCUT2D eigenvalue weighted by atomic mass is 10.0. The molecule has 2 atom stereocenters. The van der Waals surface area contributed by atoms with Crippen molar-refractivity contribution in [3.05, 3.63) is 0 Å². The molecule has 0 rings (SSSR count). The molecule has 90 valence electrons. The third-order valence-corrected chi connectivity index (χ3v) is 2.21. The Kier molecular flexibility index (Phi) is 7.34. The van der Waals surface area contributed by atoms with Crippen LogP contribution in [-0.4, -0.2) is 36.2 Å². The number of hydrogen-bond donors (Lipinski definition) is 3. The lowest BCUT2D eigenvalue weighted by Crippen LogP contribution is -2.48. The minimum atomic E-state index is -0.249. The number of carbonyl (C=O) groups excluding carboxylic acids is 1. The van der Waals surface area contributed by atoms with Crippen LogP contribution in [0.25, 0.3) is 0 Å². The molecule has 4 heteroatoms. The lowest BCUT2D eigenvalue weighted by molar-refractivity contribution is -0.122. The first-order valence-electron chi connectivity index (χ1n) is 5.65. The number of likely N-dealkylation sites (N-methyl/N-ethyl adjacent to an activating group) is 1. The zero-order valence-corrected chi connectivity index (χ0v) is 10.2. The Balaban J connectivity index is 3.99. The standard InChI is InChI=1S/C11H24N2O2/c1-5-12-11(15)9(4)13-10(7-14)6-8(2)3/h8-10,13-14H,5-7H2,1-4H3,(H,12,15). The van der Waals surface area contributed by atoms with Gasteiger partial charge in [-0.25, -0.2) is 0 Å². The van der Waals surface area contributed by atoms with Crippen LogP contribution in [0.4, 0.5) is 0 Å². The highest BCUT2D eigenvalue weighted by Gasteiger charge is 2.17. The number of hydrogen-bond acceptors (Lipinski definition) is 3. The molecule has 4 nitrogen and oxygen atoms in total. The van der Waals surface area contributed by atoms with E-state index in [9.17, 15) is 4.79 Å². The van der Waals surface area contributed by atoms with E-state index in [-0.39, 0.29) is 24.6 Å². The Labute approximate surface area is 92.4 Å². The van der Waals surface area contributed by atoms with Crippen molar-refractivity contribution >= 4 is 5.91 Å². The topological polar surface area (TPSA) is 61.4 Å². The summed E-state index contributed by atoms with van der Waals surface area (Å²) in [5.41, 5.74) is 0. The average molecular weight is 216 g/mol. The summed E-state index contributed by atoms with van der Waals surface area (Å²) in [5.74, 6) is 0.496.